The van der Waals surface area contributed by atoms with Gasteiger partial charge in [-0.05, 0) is 43.2 Å². The van der Waals surface area contributed by atoms with Crippen molar-refractivity contribution in [1.29, 1.82) is 15.8 Å². The number of nitrogens with zero attached hydrogens (tertiary/aromatic N) is 4. The highest BCUT2D eigenvalue weighted by Gasteiger charge is 2.58. The first-order valence-corrected chi connectivity index (χ1v) is 9.28. The summed E-state index contributed by atoms with van der Waals surface area (Å²) in [6, 6.07) is 14.2. The first kappa shape index (κ1) is 17.6. The summed E-state index contributed by atoms with van der Waals surface area (Å²) in [4.78, 5) is 2.29. The average Bonchev–Trinajstić information content (AvgIpc) is 2.90. The van der Waals surface area contributed by atoms with Crippen LogP contribution in [0.25, 0.3) is 0 Å². The summed E-state index contributed by atoms with van der Waals surface area (Å²) in [5.74, 6) is -0.644. The van der Waals surface area contributed by atoms with Crippen LogP contribution in [0.4, 0.5) is 0 Å². The van der Waals surface area contributed by atoms with E-state index in [9.17, 15) is 15.8 Å². The maximum atomic E-state index is 10.1. The Morgan fingerprint density at radius 1 is 1.22 bits per heavy atom. The van der Waals surface area contributed by atoms with Crippen molar-refractivity contribution in [2.45, 2.75) is 30.8 Å². The Labute approximate surface area is 163 Å². The molecule has 4 rings (SSSR count). The smallest absolute Gasteiger partial charge is 0.191 e. The number of nitriles is 3. The number of halogens is 1. The molecule has 2 heterocycles. The van der Waals surface area contributed by atoms with Crippen molar-refractivity contribution >= 4 is 11.6 Å². The van der Waals surface area contributed by atoms with Gasteiger partial charge in [0.1, 0.15) is 6.07 Å². The topological polar surface area (TPSA) is 101 Å². The standard InChI is InChI=1S/C21H18ClN5/c1-27-14-5-6-17(27)18-15(8-14)16(9-23)20(26)21(10-24,11-25)19(18)12-3-2-4-13(22)7-12/h2-4,7-8,14,17-19H,5-6,26H2,1H3/t14?,17-,18-,19+/m1/s1. The van der Waals surface area contributed by atoms with Gasteiger partial charge in [0.2, 0.25) is 0 Å². The zero-order chi connectivity index (χ0) is 19.3. The Hall–Kier alpha value is -2.78. The van der Waals surface area contributed by atoms with Gasteiger partial charge in [0.15, 0.2) is 5.41 Å². The van der Waals surface area contributed by atoms with Gasteiger partial charge < -0.3 is 5.73 Å². The van der Waals surface area contributed by atoms with Crippen molar-refractivity contribution in [3.63, 3.8) is 0 Å². The Balaban J connectivity index is 2.06. The van der Waals surface area contributed by atoms with Crippen LogP contribution in [0, 0.1) is 45.3 Å². The molecule has 6 heteroatoms. The molecular formula is C21H18ClN5. The van der Waals surface area contributed by atoms with E-state index in [4.69, 9.17) is 17.3 Å². The van der Waals surface area contributed by atoms with E-state index in [2.05, 4.69) is 36.2 Å². The van der Waals surface area contributed by atoms with Gasteiger partial charge in [-0.25, -0.2) is 0 Å². The molecule has 2 bridgehead atoms. The molecule has 3 aliphatic rings. The fraction of sp³-hybridized carbons (Fsp3) is 0.381. The minimum Gasteiger partial charge on any atom is -0.399 e. The van der Waals surface area contributed by atoms with E-state index < -0.39 is 11.3 Å². The van der Waals surface area contributed by atoms with Gasteiger partial charge >= 0.3 is 0 Å². The second-order valence-electron chi connectivity index (χ2n) is 7.49. The number of hydrogen-bond acceptors (Lipinski definition) is 5. The molecule has 27 heavy (non-hydrogen) atoms. The third kappa shape index (κ3) is 2.25. The summed E-state index contributed by atoms with van der Waals surface area (Å²) in [7, 11) is 2.07. The lowest BCUT2D eigenvalue weighted by Crippen LogP contribution is -2.51. The van der Waals surface area contributed by atoms with Crippen molar-refractivity contribution < 1.29 is 0 Å². The predicted molar refractivity (Wildman–Crippen MR) is 101 cm³/mol. The summed E-state index contributed by atoms with van der Waals surface area (Å²) in [5, 5.41) is 30.5. The van der Waals surface area contributed by atoms with Crippen LogP contribution in [0.2, 0.25) is 5.02 Å². The van der Waals surface area contributed by atoms with Crippen LogP contribution >= 0.6 is 11.6 Å². The van der Waals surface area contributed by atoms with E-state index in [0.717, 1.165) is 24.0 Å². The van der Waals surface area contributed by atoms with Crippen molar-refractivity contribution in [3.8, 4) is 18.2 Å². The zero-order valence-corrected chi connectivity index (χ0v) is 15.6. The molecule has 1 saturated heterocycles. The second kappa shape index (κ2) is 6.14. The highest BCUT2D eigenvalue weighted by Crippen LogP contribution is 2.58. The van der Waals surface area contributed by atoms with Gasteiger partial charge in [0.05, 0.1) is 23.4 Å². The molecule has 1 aliphatic carbocycles. The number of likely N-dealkylation sites (N-methyl/N-ethyl adjacent to an activating group) is 1. The second-order valence-corrected chi connectivity index (χ2v) is 7.93. The molecule has 134 valence electrons. The third-order valence-electron chi connectivity index (χ3n) is 6.43. The van der Waals surface area contributed by atoms with Crippen molar-refractivity contribution in [3.05, 3.63) is 57.8 Å². The molecule has 0 radical (unpaired) electrons. The van der Waals surface area contributed by atoms with Crippen molar-refractivity contribution in [2.24, 2.45) is 17.1 Å². The summed E-state index contributed by atoms with van der Waals surface area (Å²) in [6.07, 6.45) is 4.05. The quantitative estimate of drug-likeness (QED) is 0.812. The SMILES string of the molecule is CN1C2C=C3C(C#N)=C(N)C(C#N)(C#N)[C@@H](c4cccc(Cl)c4)[C@H]3[C@H]1CC2. The molecule has 4 atom stereocenters. The van der Waals surface area contributed by atoms with Crippen LogP contribution in [0.1, 0.15) is 24.3 Å². The predicted octanol–water partition coefficient (Wildman–Crippen LogP) is 3.23. The number of allylic oxidation sites excluding steroid dienone is 2. The molecular weight excluding hydrogens is 358 g/mol. The molecule has 0 saturated carbocycles. The Morgan fingerprint density at radius 3 is 2.59 bits per heavy atom. The van der Waals surface area contributed by atoms with E-state index >= 15 is 0 Å². The normalized spacial score (nSPS) is 31.3. The van der Waals surface area contributed by atoms with E-state index in [1.165, 1.54) is 0 Å². The molecule has 0 aromatic heterocycles. The minimum atomic E-state index is -1.60. The monoisotopic (exact) mass is 375 g/mol. The molecule has 2 aliphatic heterocycles. The van der Waals surface area contributed by atoms with Crippen LogP contribution in [0.15, 0.2) is 47.2 Å². The first-order chi connectivity index (χ1) is 13.0. The zero-order valence-electron chi connectivity index (χ0n) is 14.9. The Bertz CT molecular complexity index is 989. The number of hydrogen-bond donors (Lipinski definition) is 1. The van der Waals surface area contributed by atoms with Crippen LogP contribution in [-0.2, 0) is 0 Å². The first-order valence-electron chi connectivity index (χ1n) is 8.90. The average molecular weight is 376 g/mol. The van der Waals surface area contributed by atoms with Crippen LogP contribution in [0.5, 0.6) is 0 Å². The van der Waals surface area contributed by atoms with Crippen LogP contribution < -0.4 is 5.73 Å². The summed E-state index contributed by atoms with van der Waals surface area (Å²) in [5.41, 5.74) is 6.78. The third-order valence-corrected chi connectivity index (χ3v) is 6.67. The number of benzene rings is 1. The lowest BCUT2D eigenvalue weighted by Gasteiger charge is -2.48. The molecule has 5 nitrogen and oxygen atoms in total. The van der Waals surface area contributed by atoms with Gasteiger partial charge in [0.25, 0.3) is 0 Å². The van der Waals surface area contributed by atoms with Crippen molar-refractivity contribution in [1.82, 2.24) is 4.90 Å². The minimum absolute atomic E-state index is 0.0615. The molecule has 2 N–H and O–H groups in total. The maximum absolute atomic E-state index is 10.1. The van der Waals surface area contributed by atoms with Gasteiger partial charge in [0, 0.05) is 28.9 Å². The van der Waals surface area contributed by atoms with E-state index in [0.29, 0.717) is 10.6 Å². The molecule has 1 unspecified atom stereocenters. The lowest BCUT2D eigenvalue weighted by molar-refractivity contribution is 0.160. The van der Waals surface area contributed by atoms with Crippen LogP contribution in [-0.4, -0.2) is 24.0 Å². The van der Waals surface area contributed by atoms with Crippen molar-refractivity contribution in [2.75, 3.05) is 7.05 Å². The molecule has 0 amide bonds. The summed E-state index contributed by atoms with van der Waals surface area (Å²) < 4.78 is 0. The highest BCUT2D eigenvalue weighted by atomic mass is 35.5. The van der Waals surface area contributed by atoms with Gasteiger partial charge in [-0.3, -0.25) is 4.90 Å². The molecule has 1 aromatic rings. The maximum Gasteiger partial charge on any atom is 0.191 e. The molecule has 1 aromatic carbocycles. The fourth-order valence-electron chi connectivity index (χ4n) is 5.16. The highest BCUT2D eigenvalue weighted by molar-refractivity contribution is 6.30. The molecule has 0 spiro atoms. The van der Waals surface area contributed by atoms with Gasteiger partial charge in [-0.2, -0.15) is 15.8 Å². The van der Waals surface area contributed by atoms with E-state index in [1.54, 1.807) is 12.1 Å². The Morgan fingerprint density at radius 2 is 1.96 bits per heavy atom. The van der Waals surface area contributed by atoms with E-state index in [1.807, 2.05) is 12.1 Å². The summed E-state index contributed by atoms with van der Waals surface area (Å²) >= 11 is 6.23. The number of fused-ring (bicyclic) bond motifs is 4. The van der Waals surface area contributed by atoms with E-state index in [-0.39, 0.29) is 23.7 Å². The number of nitrogens with two attached hydrogens (primary N) is 1. The van der Waals surface area contributed by atoms with Crippen LogP contribution in [0.3, 0.4) is 0 Å². The largest absolute Gasteiger partial charge is 0.399 e. The molecule has 1 fully saturated rings. The lowest BCUT2D eigenvalue weighted by atomic mass is 9.56. The number of rotatable bonds is 1. The van der Waals surface area contributed by atoms with Gasteiger partial charge in [-0.1, -0.05) is 29.8 Å². The Kier molecular flexibility index (Phi) is 4.01. The summed E-state index contributed by atoms with van der Waals surface area (Å²) in [6.45, 7) is 0. The fourth-order valence-corrected chi connectivity index (χ4v) is 5.36. The van der Waals surface area contributed by atoms with Gasteiger partial charge in [-0.15, -0.1) is 0 Å².